The number of carbonyl (C=O) groups is 2. The maximum Gasteiger partial charge on any atom is 0.257 e. The Labute approximate surface area is 236 Å². The Balaban J connectivity index is 1.16. The highest BCUT2D eigenvalue weighted by atomic mass is 32.2. The molecule has 2 fully saturated rings. The molecular formula is C29H38N4O6S. The van der Waals surface area contributed by atoms with Crippen molar-refractivity contribution >= 4 is 27.5 Å². The number of fused-ring (bicyclic) bond motifs is 2. The summed E-state index contributed by atoms with van der Waals surface area (Å²) in [5.41, 5.74) is 1.89. The van der Waals surface area contributed by atoms with Crippen molar-refractivity contribution in [1.82, 2.24) is 15.1 Å². The lowest BCUT2D eigenvalue weighted by Crippen LogP contribution is -2.54. The number of nitrogens with one attached hydrogen (secondary N) is 2. The molecule has 0 unspecified atom stereocenters. The summed E-state index contributed by atoms with van der Waals surface area (Å²) in [7, 11) is -1.74. The Hall–Kier alpha value is -3.15. The summed E-state index contributed by atoms with van der Waals surface area (Å²) in [4.78, 5) is 30.3. The molecule has 216 valence electrons. The first-order chi connectivity index (χ1) is 19.2. The highest BCUT2D eigenvalue weighted by Crippen LogP contribution is 2.32. The van der Waals surface area contributed by atoms with Crippen molar-refractivity contribution in [1.29, 1.82) is 0 Å². The van der Waals surface area contributed by atoms with Crippen LogP contribution in [0.4, 0.5) is 5.69 Å². The SMILES string of the molecule is CCS(=O)(=O)Nc1ccc2c(c1)C(=O)N(C)[C@@H]1CC[C@H](CC(=O)N[C@@H]3CCN(Cc4ccccc4)C3)O[C@@H]1CO2. The summed E-state index contributed by atoms with van der Waals surface area (Å²) in [5.74, 6) is 0.0312. The molecule has 10 nitrogen and oxygen atoms in total. The van der Waals surface area contributed by atoms with Crippen LogP contribution in [0.15, 0.2) is 48.5 Å². The second kappa shape index (κ2) is 12.2. The van der Waals surface area contributed by atoms with Crippen LogP contribution in [0.25, 0.3) is 0 Å². The standard InChI is InChI=1S/C29H38N4O6S/c1-3-40(36,37)31-21-9-12-26-24(15-21)29(35)32(2)25-11-10-23(39-27(25)19-38-26)16-28(34)30-22-13-14-33(18-22)17-20-7-5-4-6-8-20/h4-9,12,15,22-23,25,27,31H,3,10-11,13-14,16-19H2,1-2H3,(H,30,34)/t22-,23-,25-,27-/m1/s1. The van der Waals surface area contributed by atoms with Gasteiger partial charge in [0.1, 0.15) is 18.5 Å². The zero-order valence-electron chi connectivity index (χ0n) is 23.0. The van der Waals surface area contributed by atoms with Gasteiger partial charge in [-0.25, -0.2) is 8.42 Å². The monoisotopic (exact) mass is 570 g/mol. The average molecular weight is 571 g/mol. The number of hydrogen-bond donors (Lipinski definition) is 2. The molecule has 2 aromatic rings. The summed E-state index contributed by atoms with van der Waals surface area (Å²) in [6, 6.07) is 15.0. The molecule has 0 aromatic heterocycles. The van der Waals surface area contributed by atoms with E-state index in [0.29, 0.717) is 29.8 Å². The highest BCUT2D eigenvalue weighted by Gasteiger charge is 2.39. The van der Waals surface area contributed by atoms with Crippen molar-refractivity contribution in [3.05, 3.63) is 59.7 Å². The van der Waals surface area contributed by atoms with Crippen LogP contribution in [-0.4, -0.2) is 86.8 Å². The lowest BCUT2D eigenvalue weighted by atomic mass is 9.94. The van der Waals surface area contributed by atoms with E-state index < -0.39 is 10.0 Å². The number of rotatable bonds is 8. The van der Waals surface area contributed by atoms with Crippen molar-refractivity contribution in [3.8, 4) is 5.75 Å². The third kappa shape index (κ3) is 6.76. The Kier molecular flexibility index (Phi) is 8.62. The fourth-order valence-electron chi connectivity index (χ4n) is 5.77. The molecule has 3 heterocycles. The van der Waals surface area contributed by atoms with Gasteiger partial charge in [0.15, 0.2) is 0 Å². The third-order valence-corrected chi connectivity index (χ3v) is 9.27. The van der Waals surface area contributed by atoms with Gasteiger partial charge in [-0.05, 0) is 49.9 Å². The van der Waals surface area contributed by atoms with Crippen LogP contribution >= 0.6 is 0 Å². The maximum atomic E-state index is 13.4. The summed E-state index contributed by atoms with van der Waals surface area (Å²) < 4.78 is 38.8. The Morgan fingerprint density at radius 2 is 1.90 bits per heavy atom. The van der Waals surface area contributed by atoms with Crippen molar-refractivity contribution in [2.75, 3.05) is 37.2 Å². The second-order valence-corrected chi connectivity index (χ2v) is 12.9. The van der Waals surface area contributed by atoms with Crippen LogP contribution in [-0.2, 0) is 26.1 Å². The van der Waals surface area contributed by atoms with Crippen molar-refractivity contribution in [3.63, 3.8) is 0 Å². The quantitative estimate of drug-likeness (QED) is 0.501. The van der Waals surface area contributed by atoms with Gasteiger partial charge in [0.25, 0.3) is 5.91 Å². The zero-order chi connectivity index (χ0) is 28.3. The van der Waals surface area contributed by atoms with Gasteiger partial charge >= 0.3 is 0 Å². The molecule has 0 saturated carbocycles. The number of likely N-dealkylation sites (N-methyl/N-ethyl adjacent to an activating group) is 1. The lowest BCUT2D eigenvalue weighted by molar-refractivity contribution is -0.134. The first-order valence-corrected chi connectivity index (χ1v) is 15.6. The lowest BCUT2D eigenvalue weighted by Gasteiger charge is -2.42. The molecule has 40 heavy (non-hydrogen) atoms. The van der Waals surface area contributed by atoms with E-state index in [1.54, 1.807) is 31.0 Å². The van der Waals surface area contributed by atoms with Crippen molar-refractivity contribution < 1.29 is 27.5 Å². The van der Waals surface area contributed by atoms with Crippen LogP contribution in [0.5, 0.6) is 5.75 Å². The number of nitrogens with zero attached hydrogens (tertiary/aromatic N) is 2. The summed E-state index contributed by atoms with van der Waals surface area (Å²) in [5, 5.41) is 3.19. The Morgan fingerprint density at radius 1 is 1.10 bits per heavy atom. The van der Waals surface area contributed by atoms with E-state index in [4.69, 9.17) is 9.47 Å². The van der Waals surface area contributed by atoms with Crippen molar-refractivity contribution in [2.45, 2.75) is 63.4 Å². The minimum absolute atomic E-state index is 0.0152. The summed E-state index contributed by atoms with van der Waals surface area (Å²) in [6.45, 7) is 4.44. The van der Waals surface area contributed by atoms with E-state index in [2.05, 4.69) is 27.1 Å². The fourth-order valence-corrected chi connectivity index (χ4v) is 6.40. The first kappa shape index (κ1) is 28.4. The van der Waals surface area contributed by atoms with E-state index in [0.717, 1.165) is 26.1 Å². The van der Waals surface area contributed by atoms with E-state index in [1.807, 2.05) is 18.2 Å². The predicted molar refractivity (Wildman–Crippen MR) is 152 cm³/mol. The van der Waals surface area contributed by atoms with Gasteiger partial charge in [-0.15, -0.1) is 0 Å². The second-order valence-electron chi connectivity index (χ2n) is 10.9. The van der Waals surface area contributed by atoms with Gasteiger partial charge in [-0.3, -0.25) is 19.2 Å². The van der Waals surface area contributed by atoms with Gasteiger partial charge in [-0.2, -0.15) is 0 Å². The number of likely N-dealkylation sites (tertiary alicyclic amines) is 1. The molecule has 2 amide bonds. The number of benzene rings is 2. The van der Waals surface area contributed by atoms with E-state index >= 15 is 0 Å². The van der Waals surface area contributed by atoms with Crippen LogP contribution < -0.4 is 14.8 Å². The molecule has 2 saturated heterocycles. The van der Waals surface area contributed by atoms with Crippen LogP contribution in [0.3, 0.4) is 0 Å². The van der Waals surface area contributed by atoms with Gasteiger partial charge in [0, 0.05) is 38.4 Å². The molecule has 0 radical (unpaired) electrons. The van der Waals surface area contributed by atoms with Gasteiger partial charge in [0.05, 0.1) is 29.9 Å². The number of ether oxygens (including phenoxy) is 2. The molecule has 4 atom stereocenters. The molecule has 0 bridgehead atoms. The number of carbonyl (C=O) groups excluding carboxylic acids is 2. The number of anilines is 1. The van der Waals surface area contributed by atoms with E-state index in [9.17, 15) is 18.0 Å². The molecular weight excluding hydrogens is 532 g/mol. The van der Waals surface area contributed by atoms with Gasteiger partial charge in [-0.1, -0.05) is 30.3 Å². The van der Waals surface area contributed by atoms with Crippen LogP contribution in [0.2, 0.25) is 0 Å². The van der Waals surface area contributed by atoms with Crippen LogP contribution in [0.1, 0.15) is 48.5 Å². The molecule has 0 aliphatic carbocycles. The number of amides is 2. The van der Waals surface area contributed by atoms with Gasteiger partial charge < -0.3 is 19.7 Å². The highest BCUT2D eigenvalue weighted by molar-refractivity contribution is 7.92. The molecule has 5 rings (SSSR count). The molecule has 2 aromatic carbocycles. The maximum absolute atomic E-state index is 13.4. The number of sulfonamides is 1. The summed E-state index contributed by atoms with van der Waals surface area (Å²) in [6.07, 6.45) is 1.91. The normalized spacial score (nSPS) is 25.2. The summed E-state index contributed by atoms with van der Waals surface area (Å²) >= 11 is 0. The average Bonchev–Trinajstić information content (AvgIpc) is 3.37. The Bertz CT molecular complexity index is 1320. The predicted octanol–water partition coefficient (Wildman–Crippen LogP) is 2.61. The zero-order valence-corrected chi connectivity index (χ0v) is 23.9. The molecule has 3 aliphatic rings. The Morgan fingerprint density at radius 3 is 2.67 bits per heavy atom. The minimum atomic E-state index is -3.48. The molecule has 0 spiro atoms. The smallest absolute Gasteiger partial charge is 0.257 e. The van der Waals surface area contributed by atoms with Gasteiger partial charge in [0.2, 0.25) is 15.9 Å². The minimum Gasteiger partial charge on any atom is -0.490 e. The number of hydrogen-bond acceptors (Lipinski definition) is 7. The largest absolute Gasteiger partial charge is 0.490 e. The van der Waals surface area contributed by atoms with Crippen LogP contribution in [0, 0.1) is 0 Å². The fraction of sp³-hybridized carbons (Fsp3) is 0.517. The third-order valence-electron chi connectivity index (χ3n) is 7.96. The molecule has 11 heteroatoms. The van der Waals surface area contributed by atoms with Crippen molar-refractivity contribution in [2.24, 2.45) is 0 Å². The molecule has 3 aliphatic heterocycles. The topological polar surface area (TPSA) is 117 Å². The van der Waals surface area contributed by atoms with E-state index in [1.165, 1.54) is 11.6 Å². The molecule has 2 N–H and O–H groups in total. The van der Waals surface area contributed by atoms with E-state index in [-0.39, 0.29) is 54.9 Å². The first-order valence-electron chi connectivity index (χ1n) is 14.0.